The highest BCUT2D eigenvalue weighted by Gasteiger charge is 2.42. The van der Waals surface area contributed by atoms with E-state index >= 15 is 0 Å². The topological polar surface area (TPSA) is 52.6 Å². The number of anilines is 1. The van der Waals surface area contributed by atoms with Crippen molar-refractivity contribution >= 4 is 34.9 Å². The average molecular weight is 343 g/mol. The van der Waals surface area contributed by atoms with E-state index in [1.165, 1.54) is 6.42 Å². The van der Waals surface area contributed by atoms with Crippen LogP contribution in [0.3, 0.4) is 0 Å². The highest BCUT2D eigenvalue weighted by atomic mass is 35.5. The number of carbonyl (C=O) groups is 1. The second-order valence-corrected chi connectivity index (χ2v) is 7.18. The zero-order chi connectivity index (χ0) is 15.7. The van der Waals surface area contributed by atoms with Crippen LogP contribution >= 0.6 is 23.2 Å². The molecule has 1 saturated heterocycles. The Kier molecular flexibility index (Phi) is 4.53. The lowest BCUT2D eigenvalue weighted by atomic mass is 9.69. The summed E-state index contributed by atoms with van der Waals surface area (Å²) < 4.78 is 0. The molecule has 4 nitrogen and oxygen atoms in total. The van der Waals surface area contributed by atoms with Gasteiger partial charge in [0, 0.05) is 28.8 Å². The molecule has 3 rings (SSSR count). The second-order valence-electron chi connectivity index (χ2n) is 6.31. The molecule has 2 fully saturated rings. The molecule has 1 aromatic carbocycles. The van der Waals surface area contributed by atoms with E-state index in [-0.39, 0.29) is 6.03 Å². The van der Waals surface area contributed by atoms with Gasteiger partial charge in [-0.3, -0.25) is 0 Å². The zero-order valence-corrected chi connectivity index (χ0v) is 13.8. The first-order chi connectivity index (χ1) is 10.5. The number of benzene rings is 1. The van der Waals surface area contributed by atoms with Gasteiger partial charge in [0.15, 0.2) is 0 Å². The molecule has 2 aliphatic rings. The molecule has 2 N–H and O–H groups in total. The van der Waals surface area contributed by atoms with Crippen molar-refractivity contribution < 1.29 is 9.90 Å². The third kappa shape index (κ3) is 3.34. The monoisotopic (exact) mass is 342 g/mol. The molecule has 0 atom stereocenters. The van der Waals surface area contributed by atoms with Crippen LogP contribution in [0.25, 0.3) is 0 Å². The molecular weight excluding hydrogens is 323 g/mol. The smallest absolute Gasteiger partial charge is 0.321 e. The van der Waals surface area contributed by atoms with Crippen molar-refractivity contribution in [1.29, 1.82) is 0 Å². The number of piperidine rings is 1. The second kappa shape index (κ2) is 6.26. The third-order valence-corrected chi connectivity index (χ3v) is 5.33. The van der Waals surface area contributed by atoms with E-state index in [0.717, 1.165) is 12.8 Å². The Morgan fingerprint density at radius 2 is 1.77 bits per heavy atom. The number of nitrogens with one attached hydrogen (secondary N) is 1. The Labute approximate surface area is 140 Å². The van der Waals surface area contributed by atoms with E-state index in [1.54, 1.807) is 23.1 Å². The van der Waals surface area contributed by atoms with Gasteiger partial charge >= 0.3 is 6.03 Å². The maximum Gasteiger partial charge on any atom is 0.321 e. The molecule has 0 bridgehead atoms. The summed E-state index contributed by atoms with van der Waals surface area (Å²) in [5.74, 6) is 0.421. The predicted octanol–water partition coefficient (Wildman–Crippen LogP) is 4.15. The minimum atomic E-state index is -0.575. The van der Waals surface area contributed by atoms with E-state index in [9.17, 15) is 9.90 Å². The third-order valence-electron chi connectivity index (χ3n) is 4.90. The Hall–Kier alpha value is -0.970. The molecule has 0 aromatic heterocycles. The molecular formula is C16H20Cl2N2O2. The van der Waals surface area contributed by atoms with Crippen molar-refractivity contribution in [3.05, 3.63) is 28.2 Å². The SMILES string of the molecule is O=C(Nc1cc(Cl)cc(Cl)c1)N1CCC(O)(C2CCC2)CC1. The fraction of sp³-hybridized carbons (Fsp3) is 0.562. The van der Waals surface area contributed by atoms with Crippen LogP contribution in [0.1, 0.15) is 32.1 Å². The molecule has 0 radical (unpaired) electrons. The van der Waals surface area contributed by atoms with E-state index in [1.807, 2.05) is 0 Å². The molecule has 1 heterocycles. The fourth-order valence-electron chi connectivity index (χ4n) is 3.28. The predicted molar refractivity (Wildman–Crippen MR) is 88.6 cm³/mol. The van der Waals surface area contributed by atoms with Crippen LogP contribution in [-0.2, 0) is 0 Å². The number of likely N-dealkylation sites (tertiary alicyclic amines) is 1. The van der Waals surface area contributed by atoms with Crippen molar-refractivity contribution in [3.8, 4) is 0 Å². The van der Waals surface area contributed by atoms with Gasteiger partial charge in [0.05, 0.1) is 5.60 Å². The molecule has 2 amide bonds. The first-order valence-corrected chi connectivity index (χ1v) is 8.46. The van der Waals surface area contributed by atoms with Gasteiger partial charge in [0.25, 0.3) is 0 Å². The van der Waals surface area contributed by atoms with Gasteiger partial charge in [-0.15, -0.1) is 0 Å². The van der Waals surface area contributed by atoms with Gasteiger partial charge < -0.3 is 15.3 Å². The summed E-state index contributed by atoms with van der Waals surface area (Å²) in [6.45, 7) is 1.15. The quantitative estimate of drug-likeness (QED) is 0.847. The first-order valence-electron chi connectivity index (χ1n) is 7.71. The highest BCUT2D eigenvalue weighted by Crippen LogP contribution is 2.41. The summed E-state index contributed by atoms with van der Waals surface area (Å²) >= 11 is 11.9. The van der Waals surface area contributed by atoms with Crippen LogP contribution in [0.2, 0.25) is 10.0 Å². The summed E-state index contributed by atoms with van der Waals surface area (Å²) in [6, 6.07) is 4.78. The lowest BCUT2D eigenvalue weighted by molar-refractivity contribution is -0.0845. The van der Waals surface area contributed by atoms with Crippen LogP contribution in [0, 0.1) is 5.92 Å². The number of urea groups is 1. The van der Waals surface area contributed by atoms with Crippen LogP contribution in [0.15, 0.2) is 18.2 Å². The van der Waals surface area contributed by atoms with Crippen LogP contribution in [0.5, 0.6) is 0 Å². The summed E-state index contributed by atoms with van der Waals surface area (Å²) in [4.78, 5) is 14.0. The number of rotatable bonds is 2. The molecule has 1 aliphatic carbocycles. The summed E-state index contributed by atoms with van der Waals surface area (Å²) in [5.41, 5.74) is 0.0105. The van der Waals surface area contributed by atoms with Gasteiger partial charge in [-0.2, -0.15) is 0 Å². The highest BCUT2D eigenvalue weighted by molar-refractivity contribution is 6.35. The van der Waals surface area contributed by atoms with Crippen LogP contribution in [0.4, 0.5) is 10.5 Å². The minimum absolute atomic E-state index is 0.172. The fourth-order valence-corrected chi connectivity index (χ4v) is 3.81. The Morgan fingerprint density at radius 3 is 2.27 bits per heavy atom. The average Bonchev–Trinajstić information content (AvgIpc) is 2.35. The maximum absolute atomic E-state index is 12.3. The molecule has 6 heteroatoms. The normalized spacial score (nSPS) is 21.3. The number of halogens is 2. The Morgan fingerprint density at radius 1 is 1.18 bits per heavy atom. The lowest BCUT2D eigenvalue weighted by Gasteiger charge is -2.46. The number of amides is 2. The molecule has 1 aliphatic heterocycles. The van der Waals surface area contributed by atoms with E-state index in [2.05, 4.69) is 5.32 Å². The summed E-state index contributed by atoms with van der Waals surface area (Å²) in [6.07, 6.45) is 4.75. The number of carbonyl (C=O) groups excluding carboxylic acids is 1. The van der Waals surface area contributed by atoms with Crippen molar-refractivity contribution in [2.24, 2.45) is 5.92 Å². The molecule has 120 valence electrons. The van der Waals surface area contributed by atoms with E-state index < -0.39 is 5.60 Å². The molecule has 1 aromatic rings. The van der Waals surface area contributed by atoms with Gasteiger partial charge in [0.1, 0.15) is 0 Å². The standard InChI is InChI=1S/C16H20Cl2N2O2/c17-12-8-13(18)10-14(9-12)19-15(21)20-6-4-16(22,5-7-20)11-2-1-3-11/h8-11,22H,1-7H2,(H,19,21). The number of hydrogen-bond donors (Lipinski definition) is 2. The van der Waals surface area contributed by atoms with Crippen molar-refractivity contribution in [3.63, 3.8) is 0 Å². The van der Waals surface area contributed by atoms with Crippen molar-refractivity contribution in [1.82, 2.24) is 4.90 Å². The van der Waals surface area contributed by atoms with Crippen molar-refractivity contribution in [2.75, 3.05) is 18.4 Å². The van der Waals surface area contributed by atoms with E-state index in [0.29, 0.717) is 47.6 Å². The Balaban J connectivity index is 1.57. The van der Waals surface area contributed by atoms with Crippen LogP contribution < -0.4 is 5.32 Å². The van der Waals surface area contributed by atoms with Gasteiger partial charge in [-0.1, -0.05) is 29.6 Å². The van der Waals surface area contributed by atoms with Crippen LogP contribution in [-0.4, -0.2) is 34.7 Å². The Bertz CT molecular complexity index is 547. The van der Waals surface area contributed by atoms with Crippen molar-refractivity contribution in [2.45, 2.75) is 37.7 Å². The lowest BCUT2D eigenvalue weighted by Crippen LogP contribution is -2.52. The molecule has 1 saturated carbocycles. The number of hydrogen-bond acceptors (Lipinski definition) is 2. The maximum atomic E-state index is 12.3. The number of nitrogens with zero attached hydrogens (tertiary/aromatic N) is 1. The molecule has 0 unspecified atom stereocenters. The number of aliphatic hydroxyl groups is 1. The largest absolute Gasteiger partial charge is 0.389 e. The zero-order valence-electron chi connectivity index (χ0n) is 12.3. The molecule has 22 heavy (non-hydrogen) atoms. The van der Waals surface area contributed by atoms with Gasteiger partial charge in [-0.05, 0) is 49.8 Å². The van der Waals surface area contributed by atoms with Gasteiger partial charge in [-0.25, -0.2) is 4.79 Å². The minimum Gasteiger partial charge on any atom is -0.389 e. The summed E-state index contributed by atoms with van der Waals surface area (Å²) in [7, 11) is 0. The first kappa shape index (κ1) is 15.9. The van der Waals surface area contributed by atoms with Gasteiger partial charge in [0.2, 0.25) is 0 Å². The molecule has 0 spiro atoms. The van der Waals surface area contributed by atoms with E-state index in [4.69, 9.17) is 23.2 Å². The summed E-state index contributed by atoms with van der Waals surface area (Å²) in [5, 5.41) is 14.4.